The summed E-state index contributed by atoms with van der Waals surface area (Å²) in [6, 6.07) is 0. The van der Waals surface area contributed by atoms with Gasteiger partial charge in [-0.3, -0.25) is 4.79 Å². The molecule has 0 aliphatic carbocycles. The zero-order chi connectivity index (χ0) is 6.69. The van der Waals surface area contributed by atoms with Crippen LogP contribution in [0.25, 0.3) is 0 Å². The molecule has 1 aliphatic rings. The molecule has 1 heterocycles. The molecule has 1 aliphatic heterocycles. The molecule has 0 saturated carbocycles. The summed E-state index contributed by atoms with van der Waals surface area (Å²) >= 11 is 0. The number of rotatable bonds is 2. The highest BCUT2D eigenvalue weighted by Gasteiger charge is 2.19. The highest BCUT2D eigenvalue weighted by atomic mass is 16.1. The van der Waals surface area contributed by atoms with E-state index in [-0.39, 0.29) is 0 Å². The van der Waals surface area contributed by atoms with Crippen LogP contribution in [0, 0.1) is 0 Å². The molecule has 1 N–H and O–H groups in total. The van der Waals surface area contributed by atoms with Gasteiger partial charge in [-0.05, 0) is 19.9 Å². The Bertz CT molecular complexity index is 105. The maximum Gasteiger partial charge on any atom is 0.210 e. The predicted molar refractivity (Wildman–Crippen MR) is 34.9 cm³/mol. The second-order valence-corrected chi connectivity index (χ2v) is 2.29. The molecule has 0 aromatic carbocycles. The highest BCUT2D eigenvalue weighted by Crippen LogP contribution is 2.10. The van der Waals surface area contributed by atoms with Crippen molar-refractivity contribution in [2.45, 2.75) is 19.0 Å². The molecule has 1 fully saturated rings. The van der Waals surface area contributed by atoms with Crippen LogP contribution in [-0.2, 0) is 4.79 Å². The number of nitrogens with one attached hydrogen (secondary N) is 1. The molecule has 0 bridgehead atoms. The molecular weight excluding hydrogens is 116 g/mol. The maximum absolute atomic E-state index is 10.3. The first-order chi connectivity index (χ1) is 4.38. The van der Waals surface area contributed by atoms with E-state index in [1.54, 1.807) is 4.90 Å². The van der Waals surface area contributed by atoms with E-state index in [2.05, 4.69) is 5.32 Å². The molecule has 0 aromatic heterocycles. The van der Waals surface area contributed by atoms with Crippen LogP contribution in [0.2, 0.25) is 0 Å². The van der Waals surface area contributed by atoms with Crippen LogP contribution in [-0.4, -0.2) is 31.1 Å². The SMILES string of the molecule is CNC1CCCN1C=O. The Balaban J connectivity index is 2.41. The van der Waals surface area contributed by atoms with Crippen molar-refractivity contribution in [3.8, 4) is 0 Å². The summed E-state index contributed by atoms with van der Waals surface area (Å²) in [5.74, 6) is 0. The zero-order valence-electron chi connectivity index (χ0n) is 5.63. The Morgan fingerprint density at radius 3 is 3.00 bits per heavy atom. The van der Waals surface area contributed by atoms with Crippen molar-refractivity contribution in [2.75, 3.05) is 13.6 Å². The quantitative estimate of drug-likeness (QED) is 0.522. The largest absolute Gasteiger partial charge is 0.330 e. The molecule has 0 spiro atoms. The van der Waals surface area contributed by atoms with E-state index in [0.29, 0.717) is 6.17 Å². The number of likely N-dealkylation sites (tertiary alicyclic amines) is 1. The third kappa shape index (κ3) is 1.21. The van der Waals surface area contributed by atoms with Crippen LogP contribution >= 0.6 is 0 Å². The lowest BCUT2D eigenvalue weighted by atomic mass is 10.3. The van der Waals surface area contributed by atoms with Gasteiger partial charge in [0.15, 0.2) is 0 Å². The molecule has 3 heteroatoms. The minimum absolute atomic E-state index is 0.294. The van der Waals surface area contributed by atoms with E-state index in [1.165, 1.54) is 0 Å². The molecule has 0 radical (unpaired) electrons. The third-order valence-corrected chi connectivity index (χ3v) is 1.76. The molecule has 52 valence electrons. The number of carbonyl (C=O) groups excluding carboxylic acids is 1. The fourth-order valence-corrected chi connectivity index (χ4v) is 1.23. The molecule has 9 heavy (non-hydrogen) atoms. The first kappa shape index (κ1) is 6.55. The van der Waals surface area contributed by atoms with Gasteiger partial charge in [-0.15, -0.1) is 0 Å². The second kappa shape index (κ2) is 2.82. The first-order valence-electron chi connectivity index (χ1n) is 3.27. The minimum Gasteiger partial charge on any atom is -0.330 e. The number of amides is 1. The van der Waals surface area contributed by atoms with Crippen LogP contribution in [0.15, 0.2) is 0 Å². The average Bonchev–Trinajstić information content (AvgIpc) is 2.33. The fraction of sp³-hybridized carbons (Fsp3) is 0.833. The molecule has 1 rings (SSSR count). The van der Waals surface area contributed by atoms with E-state index >= 15 is 0 Å². The van der Waals surface area contributed by atoms with E-state index in [0.717, 1.165) is 25.8 Å². The number of hydrogen-bond acceptors (Lipinski definition) is 2. The van der Waals surface area contributed by atoms with Gasteiger partial charge in [-0.1, -0.05) is 0 Å². The molecule has 1 amide bonds. The zero-order valence-corrected chi connectivity index (χ0v) is 5.63. The van der Waals surface area contributed by atoms with Crippen molar-refractivity contribution >= 4 is 6.41 Å². The summed E-state index contributed by atoms with van der Waals surface area (Å²) in [6.07, 6.45) is 3.43. The van der Waals surface area contributed by atoms with Crippen LogP contribution in [0.1, 0.15) is 12.8 Å². The maximum atomic E-state index is 10.3. The van der Waals surface area contributed by atoms with Crippen molar-refractivity contribution in [1.29, 1.82) is 0 Å². The number of nitrogens with zero attached hydrogens (tertiary/aromatic N) is 1. The Morgan fingerprint density at radius 2 is 2.56 bits per heavy atom. The Kier molecular flexibility index (Phi) is 2.05. The van der Waals surface area contributed by atoms with Crippen molar-refractivity contribution in [3.63, 3.8) is 0 Å². The van der Waals surface area contributed by atoms with Gasteiger partial charge in [0.05, 0.1) is 6.17 Å². The molecule has 1 unspecified atom stereocenters. The standard InChI is InChI=1S/C6H12N2O/c1-7-6-3-2-4-8(6)5-9/h5-7H,2-4H2,1H3. The second-order valence-electron chi connectivity index (χ2n) is 2.29. The lowest BCUT2D eigenvalue weighted by Gasteiger charge is -2.18. The smallest absolute Gasteiger partial charge is 0.210 e. The topological polar surface area (TPSA) is 32.3 Å². The number of carbonyl (C=O) groups is 1. The lowest BCUT2D eigenvalue weighted by Crippen LogP contribution is -2.37. The minimum atomic E-state index is 0.294. The van der Waals surface area contributed by atoms with E-state index < -0.39 is 0 Å². The summed E-state index contributed by atoms with van der Waals surface area (Å²) in [5, 5.41) is 3.06. The Hall–Kier alpha value is -0.570. The van der Waals surface area contributed by atoms with Gasteiger partial charge in [-0.2, -0.15) is 0 Å². The fourth-order valence-electron chi connectivity index (χ4n) is 1.23. The van der Waals surface area contributed by atoms with Gasteiger partial charge in [0, 0.05) is 6.54 Å². The monoisotopic (exact) mass is 128 g/mol. The van der Waals surface area contributed by atoms with Crippen LogP contribution in [0.3, 0.4) is 0 Å². The Labute approximate surface area is 55.0 Å². The van der Waals surface area contributed by atoms with Crippen LogP contribution in [0.5, 0.6) is 0 Å². The first-order valence-corrected chi connectivity index (χ1v) is 3.27. The van der Waals surface area contributed by atoms with Gasteiger partial charge in [0.25, 0.3) is 0 Å². The van der Waals surface area contributed by atoms with E-state index in [9.17, 15) is 4.79 Å². The van der Waals surface area contributed by atoms with Gasteiger partial charge in [-0.25, -0.2) is 0 Å². The molecule has 3 nitrogen and oxygen atoms in total. The lowest BCUT2D eigenvalue weighted by molar-refractivity contribution is -0.119. The molecule has 1 saturated heterocycles. The van der Waals surface area contributed by atoms with E-state index in [1.807, 2.05) is 7.05 Å². The van der Waals surface area contributed by atoms with Crippen molar-refractivity contribution in [3.05, 3.63) is 0 Å². The average molecular weight is 128 g/mol. The number of hydrogen-bond donors (Lipinski definition) is 1. The van der Waals surface area contributed by atoms with Crippen molar-refractivity contribution < 1.29 is 4.79 Å². The van der Waals surface area contributed by atoms with Gasteiger partial charge in [0.1, 0.15) is 0 Å². The summed E-state index contributed by atoms with van der Waals surface area (Å²) in [6.45, 7) is 0.912. The normalized spacial score (nSPS) is 26.8. The van der Waals surface area contributed by atoms with Gasteiger partial charge < -0.3 is 10.2 Å². The summed E-state index contributed by atoms with van der Waals surface area (Å²) < 4.78 is 0. The van der Waals surface area contributed by atoms with Crippen LogP contribution in [0.4, 0.5) is 0 Å². The molecular formula is C6H12N2O. The van der Waals surface area contributed by atoms with Crippen molar-refractivity contribution in [2.24, 2.45) is 0 Å². The highest BCUT2D eigenvalue weighted by molar-refractivity contribution is 5.48. The van der Waals surface area contributed by atoms with Gasteiger partial charge >= 0.3 is 0 Å². The van der Waals surface area contributed by atoms with Crippen LogP contribution < -0.4 is 5.32 Å². The third-order valence-electron chi connectivity index (χ3n) is 1.76. The molecule has 0 aromatic rings. The Morgan fingerprint density at radius 1 is 1.78 bits per heavy atom. The summed E-state index contributed by atoms with van der Waals surface area (Å²) in [7, 11) is 1.88. The van der Waals surface area contributed by atoms with Crippen molar-refractivity contribution in [1.82, 2.24) is 10.2 Å². The summed E-state index contributed by atoms with van der Waals surface area (Å²) in [5.41, 5.74) is 0. The summed E-state index contributed by atoms with van der Waals surface area (Å²) in [4.78, 5) is 12.1. The molecule has 1 atom stereocenters. The van der Waals surface area contributed by atoms with E-state index in [4.69, 9.17) is 0 Å². The van der Waals surface area contributed by atoms with Gasteiger partial charge in [0.2, 0.25) is 6.41 Å². The predicted octanol–water partition coefficient (Wildman–Crippen LogP) is -0.216.